The van der Waals surface area contributed by atoms with E-state index in [9.17, 15) is 0 Å². The summed E-state index contributed by atoms with van der Waals surface area (Å²) in [7, 11) is 0. The quantitative estimate of drug-likeness (QED) is 0.416. The van der Waals surface area contributed by atoms with E-state index < -0.39 is 0 Å². The lowest BCUT2D eigenvalue weighted by molar-refractivity contribution is -0.108. The van der Waals surface area contributed by atoms with Crippen molar-refractivity contribution >= 4 is 18.2 Å². The topological polar surface area (TPSA) is 41.1 Å². The Kier molecular flexibility index (Phi) is 7.48. The van der Waals surface area contributed by atoms with Gasteiger partial charge in [0.25, 0.3) is 0 Å². The van der Waals surface area contributed by atoms with E-state index in [1.165, 1.54) is 25.9 Å². The summed E-state index contributed by atoms with van der Waals surface area (Å²) in [5.41, 5.74) is 0. The van der Waals surface area contributed by atoms with E-state index in [2.05, 4.69) is 17.1 Å². The summed E-state index contributed by atoms with van der Waals surface area (Å²) in [6.45, 7) is 2.50. The maximum Gasteiger partial charge on any atom is 0.221 e. The minimum absolute atomic E-state index is 0.390. The van der Waals surface area contributed by atoms with Crippen LogP contribution < -0.4 is 10.2 Å². The van der Waals surface area contributed by atoms with Crippen LogP contribution in [0.1, 0.15) is 12.8 Å². The molecule has 1 amide bonds. The maximum atomic E-state index is 8.93. The average Bonchev–Trinajstić information content (AvgIpc) is 2.43. The van der Waals surface area contributed by atoms with Crippen molar-refractivity contribution in [3.63, 3.8) is 0 Å². The van der Waals surface area contributed by atoms with Crippen LogP contribution in [0.3, 0.4) is 0 Å². The minimum Gasteiger partial charge on any atom is -0.317 e. The molecule has 0 aliphatic carbocycles. The maximum absolute atomic E-state index is 8.93. The fraction of sp³-hybridized carbons (Fsp3) is 0.800. The fourth-order valence-corrected chi connectivity index (χ4v) is 0.625. The number of nitrogens with one attached hydrogen (secondary N) is 2. The van der Waals surface area contributed by atoms with Crippen molar-refractivity contribution in [1.82, 2.24) is 10.2 Å². The molecule has 9 heavy (non-hydrogen) atoms. The zero-order valence-corrected chi connectivity index (χ0v) is 5.95. The molecule has 1 fully saturated rings. The molecule has 1 aliphatic heterocycles. The fourth-order valence-electron chi connectivity index (χ4n) is 0.625. The Bertz CT molecular complexity index is 58.4. The van der Waals surface area contributed by atoms with Crippen molar-refractivity contribution < 1.29 is 4.79 Å². The second-order valence-corrected chi connectivity index (χ2v) is 1.90. The smallest absolute Gasteiger partial charge is 0.221 e. The molecular weight excluding hydrogens is 140 g/mol. The van der Waals surface area contributed by atoms with Gasteiger partial charge in [0.2, 0.25) is 6.41 Å². The first-order chi connectivity index (χ1) is 4.41. The van der Waals surface area contributed by atoms with Crippen LogP contribution in [0.5, 0.6) is 0 Å². The average molecular weight is 151 g/mol. The van der Waals surface area contributed by atoms with E-state index in [-0.39, 0.29) is 0 Å². The Labute approximate surface area is 59.9 Å². The van der Waals surface area contributed by atoms with Crippen molar-refractivity contribution in [2.24, 2.45) is 0 Å². The van der Waals surface area contributed by atoms with E-state index in [4.69, 9.17) is 4.79 Å². The Hall–Kier alpha value is -0.280. The van der Waals surface area contributed by atoms with E-state index in [1.54, 1.807) is 4.84 Å². The van der Waals surface area contributed by atoms with E-state index in [0.717, 1.165) is 0 Å². The van der Waals surface area contributed by atoms with E-state index in [0.29, 0.717) is 6.41 Å². The summed E-state index contributed by atoms with van der Waals surface area (Å²) in [6.07, 6.45) is 3.17. The number of hydrogen-bond donors (Lipinski definition) is 2. The van der Waals surface area contributed by atoms with Gasteiger partial charge in [0.05, 0.1) is 0 Å². The molecule has 54 valence electrons. The van der Waals surface area contributed by atoms with Gasteiger partial charge in [-0.3, -0.25) is 9.63 Å². The molecule has 0 bridgehead atoms. The highest BCUT2D eigenvalue weighted by molar-refractivity contribution is 6.18. The molecule has 1 rings (SSSR count). The second kappa shape index (κ2) is 7.72. The SMILES string of the molecule is C1CCNC1.O=CNCl. The zero-order valence-electron chi connectivity index (χ0n) is 5.19. The van der Waals surface area contributed by atoms with Crippen LogP contribution in [-0.2, 0) is 4.79 Å². The van der Waals surface area contributed by atoms with Crippen molar-refractivity contribution in [1.29, 1.82) is 0 Å². The highest BCUT2D eigenvalue weighted by atomic mass is 35.5. The molecule has 0 aromatic heterocycles. The number of carbonyl (C=O) groups excluding carboxylic acids is 1. The zero-order chi connectivity index (χ0) is 6.95. The summed E-state index contributed by atoms with van der Waals surface area (Å²) in [5, 5.41) is 3.22. The van der Waals surface area contributed by atoms with Crippen LogP contribution in [0.15, 0.2) is 0 Å². The minimum atomic E-state index is 0.390. The number of hydrogen-bond acceptors (Lipinski definition) is 2. The lowest BCUT2D eigenvalue weighted by Crippen LogP contribution is -2.03. The van der Waals surface area contributed by atoms with Crippen molar-refractivity contribution in [3.05, 3.63) is 0 Å². The van der Waals surface area contributed by atoms with Gasteiger partial charge in [-0.2, -0.15) is 0 Å². The molecule has 0 spiro atoms. The monoisotopic (exact) mass is 150 g/mol. The van der Waals surface area contributed by atoms with Gasteiger partial charge in [-0.1, -0.05) is 0 Å². The molecule has 3 nitrogen and oxygen atoms in total. The third kappa shape index (κ3) is 7.72. The number of rotatable bonds is 1. The van der Waals surface area contributed by atoms with Crippen molar-refractivity contribution in [3.8, 4) is 0 Å². The highest BCUT2D eigenvalue weighted by Gasteiger charge is 1.93. The molecule has 0 unspecified atom stereocenters. The summed E-state index contributed by atoms with van der Waals surface area (Å²) >= 11 is 4.57. The third-order valence-electron chi connectivity index (χ3n) is 1.00. The summed E-state index contributed by atoms with van der Waals surface area (Å²) in [6, 6.07) is 0. The van der Waals surface area contributed by atoms with Crippen LogP contribution in [0.25, 0.3) is 0 Å². The van der Waals surface area contributed by atoms with Gasteiger partial charge < -0.3 is 5.32 Å². The third-order valence-corrected chi connectivity index (χ3v) is 1.09. The standard InChI is InChI=1S/C4H9N.CH2ClNO/c1-2-4-5-3-1;2-3-1-4/h5H,1-4H2;1H,(H,3,4). The summed E-state index contributed by atoms with van der Waals surface area (Å²) < 4.78 is 0. The van der Waals surface area contributed by atoms with Gasteiger partial charge in [0.15, 0.2) is 0 Å². The molecule has 1 aliphatic rings. The Morgan fingerprint density at radius 3 is 2.00 bits per heavy atom. The van der Waals surface area contributed by atoms with Crippen LogP contribution in [0, 0.1) is 0 Å². The largest absolute Gasteiger partial charge is 0.317 e. The molecular formula is C5H11ClN2O. The molecule has 0 saturated carbocycles. The van der Waals surface area contributed by atoms with Crippen LogP contribution >= 0.6 is 11.8 Å². The number of carbonyl (C=O) groups is 1. The predicted octanol–water partition coefficient (Wildman–Crippen LogP) is 0.256. The first-order valence-corrected chi connectivity index (χ1v) is 3.30. The van der Waals surface area contributed by atoms with E-state index in [1.807, 2.05) is 0 Å². The molecule has 0 atom stereocenters. The summed E-state index contributed by atoms with van der Waals surface area (Å²) in [5.74, 6) is 0. The van der Waals surface area contributed by atoms with Crippen LogP contribution in [0.2, 0.25) is 0 Å². The first-order valence-electron chi connectivity index (χ1n) is 2.92. The first kappa shape index (κ1) is 8.72. The molecule has 1 heterocycles. The molecule has 0 aromatic rings. The molecule has 0 radical (unpaired) electrons. The van der Waals surface area contributed by atoms with Crippen molar-refractivity contribution in [2.75, 3.05) is 13.1 Å². The number of amides is 1. The predicted molar refractivity (Wildman–Crippen MR) is 37.2 cm³/mol. The lowest BCUT2D eigenvalue weighted by Gasteiger charge is -1.76. The Morgan fingerprint density at radius 1 is 1.44 bits per heavy atom. The van der Waals surface area contributed by atoms with Gasteiger partial charge in [-0.25, -0.2) is 0 Å². The van der Waals surface area contributed by atoms with Crippen LogP contribution in [-0.4, -0.2) is 19.5 Å². The van der Waals surface area contributed by atoms with Gasteiger partial charge >= 0.3 is 0 Å². The summed E-state index contributed by atoms with van der Waals surface area (Å²) in [4.78, 5) is 10.7. The van der Waals surface area contributed by atoms with E-state index >= 15 is 0 Å². The molecule has 1 saturated heterocycles. The lowest BCUT2D eigenvalue weighted by atomic mass is 10.4. The normalized spacial score (nSPS) is 15.7. The van der Waals surface area contributed by atoms with Gasteiger partial charge in [-0.15, -0.1) is 0 Å². The van der Waals surface area contributed by atoms with Crippen LogP contribution in [0.4, 0.5) is 0 Å². The molecule has 2 N–H and O–H groups in total. The van der Waals surface area contributed by atoms with Gasteiger partial charge in [-0.05, 0) is 25.9 Å². The molecule has 4 heteroatoms. The van der Waals surface area contributed by atoms with Gasteiger partial charge in [0, 0.05) is 11.8 Å². The van der Waals surface area contributed by atoms with Crippen molar-refractivity contribution in [2.45, 2.75) is 12.8 Å². The Morgan fingerprint density at radius 2 is 1.89 bits per heavy atom. The highest BCUT2D eigenvalue weighted by Crippen LogP contribution is 1.90. The second-order valence-electron chi connectivity index (χ2n) is 1.68. The molecule has 0 aromatic carbocycles. The Balaban J connectivity index is 0.000000148. The van der Waals surface area contributed by atoms with Gasteiger partial charge in [0.1, 0.15) is 0 Å². The number of halogens is 1.